The van der Waals surface area contributed by atoms with Crippen LogP contribution in [0.4, 0.5) is 5.69 Å². The molecule has 0 spiro atoms. The first-order valence-corrected chi connectivity index (χ1v) is 11.9. The summed E-state index contributed by atoms with van der Waals surface area (Å²) < 4.78 is 0. The first-order chi connectivity index (χ1) is 16.1. The average molecular weight is 447 g/mol. The van der Waals surface area contributed by atoms with E-state index in [-0.39, 0.29) is 24.1 Å². The molecular formula is C26H30N4O3. The van der Waals surface area contributed by atoms with Crippen LogP contribution in [-0.4, -0.2) is 41.8 Å². The zero-order valence-corrected chi connectivity index (χ0v) is 18.7. The number of anilines is 1. The molecule has 3 heterocycles. The van der Waals surface area contributed by atoms with Gasteiger partial charge < -0.3 is 15.5 Å². The number of piperidine rings is 2. The second-order valence-electron chi connectivity index (χ2n) is 9.29. The number of rotatable bonds is 6. The fraction of sp³-hybridized carbons (Fsp3) is 0.423. The number of amides is 3. The summed E-state index contributed by atoms with van der Waals surface area (Å²) in [5.74, 6) is -0.0193. The van der Waals surface area contributed by atoms with E-state index in [4.69, 9.17) is 0 Å². The maximum Gasteiger partial charge on any atom is 0.255 e. The number of nitrogens with one attached hydrogen (secondary N) is 3. The molecule has 0 radical (unpaired) electrons. The van der Waals surface area contributed by atoms with E-state index in [1.165, 1.54) is 18.4 Å². The summed E-state index contributed by atoms with van der Waals surface area (Å²) in [5.41, 5.74) is 5.08. The van der Waals surface area contributed by atoms with Gasteiger partial charge in [-0.15, -0.1) is 0 Å². The van der Waals surface area contributed by atoms with Crippen molar-refractivity contribution < 1.29 is 14.4 Å². The summed E-state index contributed by atoms with van der Waals surface area (Å²) in [6.45, 7) is 3.24. The van der Waals surface area contributed by atoms with E-state index in [0.717, 1.165) is 42.2 Å². The lowest BCUT2D eigenvalue weighted by molar-refractivity contribution is -0.136. The molecular weight excluding hydrogens is 416 g/mol. The molecule has 2 aromatic carbocycles. The molecule has 3 aliphatic rings. The summed E-state index contributed by atoms with van der Waals surface area (Å²) in [5, 5.41) is 9.26. The quantitative estimate of drug-likeness (QED) is 0.594. The van der Waals surface area contributed by atoms with Crippen LogP contribution in [0.15, 0.2) is 42.5 Å². The average Bonchev–Trinajstić information content (AvgIpc) is 3.16. The van der Waals surface area contributed by atoms with Crippen LogP contribution < -0.4 is 16.0 Å². The molecule has 3 aliphatic heterocycles. The van der Waals surface area contributed by atoms with Crippen LogP contribution in [0.2, 0.25) is 0 Å². The number of imide groups is 1. The SMILES string of the molecule is O=C1CCC(N2Cc3c(CNc4ccc(CC5CCNCC5)cc4)cccc3C2=O)C(=O)N1. The Bertz CT molecular complexity index is 1060. The highest BCUT2D eigenvalue weighted by Crippen LogP contribution is 2.30. The van der Waals surface area contributed by atoms with Crippen LogP contribution in [0.1, 0.15) is 52.7 Å². The molecule has 0 aliphatic carbocycles. The van der Waals surface area contributed by atoms with Gasteiger partial charge in [0.1, 0.15) is 6.04 Å². The molecule has 2 fully saturated rings. The van der Waals surface area contributed by atoms with Gasteiger partial charge in [-0.25, -0.2) is 0 Å². The largest absolute Gasteiger partial charge is 0.381 e. The third-order valence-corrected chi connectivity index (χ3v) is 7.10. The highest BCUT2D eigenvalue weighted by atomic mass is 16.2. The molecule has 1 unspecified atom stereocenters. The van der Waals surface area contributed by atoms with E-state index in [1.54, 1.807) is 4.90 Å². The molecule has 5 rings (SSSR count). The number of carbonyl (C=O) groups excluding carboxylic acids is 3. The molecule has 0 aromatic heterocycles. The van der Waals surface area contributed by atoms with Crippen molar-refractivity contribution in [1.82, 2.24) is 15.5 Å². The molecule has 33 heavy (non-hydrogen) atoms. The van der Waals surface area contributed by atoms with E-state index < -0.39 is 6.04 Å². The zero-order chi connectivity index (χ0) is 22.8. The fourth-order valence-corrected chi connectivity index (χ4v) is 5.19. The van der Waals surface area contributed by atoms with Crippen molar-refractivity contribution in [2.75, 3.05) is 18.4 Å². The Morgan fingerprint density at radius 1 is 0.970 bits per heavy atom. The molecule has 2 aromatic rings. The predicted molar refractivity (Wildman–Crippen MR) is 126 cm³/mol. The summed E-state index contributed by atoms with van der Waals surface area (Å²) in [7, 11) is 0. The Morgan fingerprint density at radius 2 is 1.76 bits per heavy atom. The third-order valence-electron chi connectivity index (χ3n) is 7.10. The highest BCUT2D eigenvalue weighted by molar-refractivity contribution is 6.05. The van der Waals surface area contributed by atoms with Crippen molar-refractivity contribution >= 4 is 23.4 Å². The maximum absolute atomic E-state index is 13.0. The Labute approximate surface area is 193 Å². The molecule has 7 nitrogen and oxygen atoms in total. The van der Waals surface area contributed by atoms with Crippen LogP contribution in [0, 0.1) is 5.92 Å². The lowest BCUT2D eigenvalue weighted by Crippen LogP contribution is -2.52. The Hall–Kier alpha value is -3.19. The van der Waals surface area contributed by atoms with Crippen molar-refractivity contribution in [2.24, 2.45) is 5.92 Å². The summed E-state index contributed by atoms with van der Waals surface area (Å²) >= 11 is 0. The number of carbonyl (C=O) groups is 3. The summed E-state index contributed by atoms with van der Waals surface area (Å²) in [4.78, 5) is 38.4. The summed E-state index contributed by atoms with van der Waals surface area (Å²) in [6, 6.07) is 13.8. The molecule has 1 atom stereocenters. The van der Waals surface area contributed by atoms with Crippen LogP contribution in [0.5, 0.6) is 0 Å². The number of hydrogen-bond donors (Lipinski definition) is 3. The molecule has 3 amide bonds. The topological polar surface area (TPSA) is 90.5 Å². The van der Waals surface area contributed by atoms with Crippen molar-refractivity contribution in [3.05, 3.63) is 64.7 Å². The first-order valence-electron chi connectivity index (χ1n) is 11.9. The lowest BCUT2D eigenvalue weighted by Gasteiger charge is -2.29. The first kappa shape index (κ1) is 21.6. The van der Waals surface area contributed by atoms with Crippen molar-refractivity contribution in [1.29, 1.82) is 0 Å². The van der Waals surface area contributed by atoms with E-state index in [9.17, 15) is 14.4 Å². The van der Waals surface area contributed by atoms with Gasteiger partial charge >= 0.3 is 0 Å². The third kappa shape index (κ3) is 4.64. The van der Waals surface area contributed by atoms with Crippen molar-refractivity contribution in [3.8, 4) is 0 Å². The van der Waals surface area contributed by atoms with Crippen molar-refractivity contribution in [3.63, 3.8) is 0 Å². The number of nitrogens with zero attached hydrogens (tertiary/aromatic N) is 1. The molecule has 2 saturated heterocycles. The van der Waals surface area contributed by atoms with Gasteiger partial charge in [0.05, 0.1) is 0 Å². The molecule has 3 N–H and O–H groups in total. The van der Waals surface area contributed by atoms with Crippen LogP contribution in [0.25, 0.3) is 0 Å². The lowest BCUT2D eigenvalue weighted by atomic mass is 9.91. The molecule has 0 bridgehead atoms. The molecule has 172 valence electrons. The maximum atomic E-state index is 13.0. The number of hydrogen-bond acceptors (Lipinski definition) is 5. The monoisotopic (exact) mass is 446 g/mol. The van der Waals surface area contributed by atoms with Gasteiger partial charge in [0, 0.05) is 30.8 Å². The van der Waals surface area contributed by atoms with Gasteiger partial charge in [-0.2, -0.15) is 0 Å². The fourth-order valence-electron chi connectivity index (χ4n) is 5.19. The number of benzene rings is 2. The van der Waals surface area contributed by atoms with E-state index in [0.29, 0.717) is 25.1 Å². The van der Waals surface area contributed by atoms with E-state index in [1.807, 2.05) is 18.2 Å². The van der Waals surface area contributed by atoms with E-state index >= 15 is 0 Å². The Morgan fingerprint density at radius 3 is 2.52 bits per heavy atom. The van der Waals surface area contributed by atoms with Gasteiger partial charge in [-0.3, -0.25) is 19.7 Å². The van der Waals surface area contributed by atoms with Gasteiger partial charge in [-0.05, 0) is 79.6 Å². The standard InChI is InChI=1S/C26H30N4O3/c31-24-9-8-23(25(32)29-24)30-16-22-19(2-1-3-21(22)26(30)33)15-28-20-6-4-17(5-7-20)14-18-10-12-27-13-11-18/h1-7,18,23,27-28H,8-16H2,(H,29,31,32). The molecule has 7 heteroatoms. The zero-order valence-electron chi connectivity index (χ0n) is 18.7. The minimum Gasteiger partial charge on any atom is -0.381 e. The minimum absolute atomic E-state index is 0.136. The van der Waals surface area contributed by atoms with Gasteiger partial charge in [0.15, 0.2) is 0 Å². The normalized spacial score (nSPS) is 21.2. The van der Waals surface area contributed by atoms with Gasteiger partial charge in [-0.1, -0.05) is 24.3 Å². The molecule has 0 saturated carbocycles. The Kier molecular flexibility index (Phi) is 6.13. The van der Waals surface area contributed by atoms with Crippen LogP contribution >= 0.6 is 0 Å². The van der Waals surface area contributed by atoms with Gasteiger partial charge in [0.25, 0.3) is 5.91 Å². The van der Waals surface area contributed by atoms with Crippen LogP contribution in [-0.2, 0) is 29.1 Å². The second-order valence-corrected chi connectivity index (χ2v) is 9.29. The Balaban J connectivity index is 1.23. The number of fused-ring (bicyclic) bond motifs is 1. The van der Waals surface area contributed by atoms with Crippen molar-refractivity contribution in [2.45, 2.75) is 51.2 Å². The minimum atomic E-state index is -0.587. The second kappa shape index (κ2) is 9.35. The van der Waals surface area contributed by atoms with Gasteiger partial charge in [0.2, 0.25) is 11.8 Å². The smallest absolute Gasteiger partial charge is 0.255 e. The predicted octanol–water partition coefficient (Wildman–Crippen LogP) is 2.60. The van der Waals surface area contributed by atoms with E-state index in [2.05, 4.69) is 40.2 Å². The highest BCUT2D eigenvalue weighted by Gasteiger charge is 2.39. The van der Waals surface area contributed by atoms with Crippen LogP contribution in [0.3, 0.4) is 0 Å². The summed E-state index contributed by atoms with van der Waals surface area (Å²) in [6.07, 6.45) is 4.26.